The molecule has 0 unspecified atom stereocenters. The van der Waals surface area contributed by atoms with E-state index in [9.17, 15) is 0 Å². The SMILES string of the molecule is COc1ccc(C#CCO/N=C2/c3cc(OC)c(OC)cc3-c3[nH]c4ccc(OCCN(C)C)cc4c32)cc1.Cl. The molecular formula is C31H32ClN3O5. The second-order valence-electron chi connectivity index (χ2n) is 9.23. The predicted molar refractivity (Wildman–Crippen MR) is 160 cm³/mol. The van der Waals surface area contributed by atoms with Gasteiger partial charge >= 0.3 is 0 Å². The first kappa shape index (κ1) is 28.7. The maximum atomic E-state index is 6.02. The highest BCUT2D eigenvalue weighted by atomic mass is 35.5. The van der Waals surface area contributed by atoms with Crippen molar-refractivity contribution in [3.8, 4) is 46.1 Å². The van der Waals surface area contributed by atoms with Gasteiger partial charge in [0.25, 0.3) is 0 Å². The van der Waals surface area contributed by atoms with Gasteiger partial charge in [0, 0.05) is 39.7 Å². The number of likely N-dealkylation sites (N-methyl/N-ethyl adjacent to an activating group) is 1. The Morgan fingerprint density at radius 3 is 2.23 bits per heavy atom. The van der Waals surface area contributed by atoms with Gasteiger partial charge in [-0.25, -0.2) is 0 Å². The van der Waals surface area contributed by atoms with Crippen LogP contribution in [0.2, 0.25) is 0 Å². The fraction of sp³-hybridized carbons (Fsp3) is 0.258. The zero-order chi connectivity index (χ0) is 27.4. The summed E-state index contributed by atoms with van der Waals surface area (Å²) in [6.07, 6.45) is 0. The van der Waals surface area contributed by atoms with E-state index < -0.39 is 0 Å². The van der Waals surface area contributed by atoms with Gasteiger partial charge in [0.1, 0.15) is 23.8 Å². The minimum Gasteiger partial charge on any atom is -0.497 e. The third-order valence-electron chi connectivity index (χ3n) is 6.48. The van der Waals surface area contributed by atoms with Crippen molar-refractivity contribution < 1.29 is 23.8 Å². The van der Waals surface area contributed by atoms with Crippen molar-refractivity contribution in [2.75, 3.05) is 55.2 Å². The molecule has 1 aliphatic carbocycles. The summed E-state index contributed by atoms with van der Waals surface area (Å²) in [5, 5.41) is 5.56. The van der Waals surface area contributed by atoms with Crippen LogP contribution in [0.3, 0.4) is 0 Å². The monoisotopic (exact) mass is 561 g/mol. The minimum atomic E-state index is 0. The summed E-state index contributed by atoms with van der Waals surface area (Å²) in [6.45, 7) is 1.55. The molecule has 0 saturated carbocycles. The Morgan fingerprint density at radius 1 is 0.850 bits per heavy atom. The van der Waals surface area contributed by atoms with Gasteiger partial charge in [-0.1, -0.05) is 17.0 Å². The topological polar surface area (TPSA) is 77.5 Å². The second kappa shape index (κ2) is 12.7. The fourth-order valence-electron chi connectivity index (χ4n) is 4.51. The number of hydrogen-bond donors (Lipinski definition) is 1. The van der Waals surface area contributed by atoms with Crippen LogP contribution >= 0.6 is 12.4 Å². The van der Waals surface area contributed by atoms with Gasteiger partial charge in [-0.3, -0.25) is 0 Å². The maximum absolute atomic E-state index is 6.02. The molecule has 0 atom stereocenters. The average Bonchev–Trinajstić information content (AvgIpc) is 3.46. The Bertz CT molecular complexity index is 1580. The van der Waals surface area contributed by atoms with Crippen molar-refractivity contribution in [2.45, 2.75) is 0 Å². The number of nitrogens with one attached hydrogen (secondary N) is 1. The molecule has 8 nitrogen and oxygen atoms in total. The number of ether oxygens (including phenoxy) is 4. The smallest absolute Gasteiger partial charge is 0.177 e. The predicted octanol–water partition coefficient (Wildman–Crippen LogP) is 5.36. The fourth-order valence-corrected chi connectivity index (χ4v) is 4.51. The zero-order valence-corrected chi connectivity index (χ0v) is 24.0. The molecule has 208 valence electrons. The molecule has 0 saturated heterocycles. The van der Waals surface area contributed by atoms with Crippen molar-refractivity contribution in [3.05, 3.63) is 71.3 Å². The van der Waals surface area contributed by atoms with Crippen LogP contribution in [0, 0.1) is 11.8 Å². The lowest BCUT2D eigenvalue weighted by Crippen LogP contribution is -2.19. The van der Waals surface area contributed by atoms with Crippen LogP contribution in [0.5, 0.6) is 23.0 Å². The Morgan fingerprint density at radius 2 is 1.55 bits per heavy atom. The highest BCUT2D eigenvalue weighted by molar-refractivity contribution is 6.30. The lowest BCUT2D eigenvalue weighted by molar-refractivity contribution is 0.180. The summed E-state index contributed by atoms with van der Waals surface area (Å²) in [6, 6.07) is 17.5. The number of hydrogen-bond acceptors (Lipinski definition) is 7. The Labute approximate surface area is 240 Å². The molecule has 1 aliphatic rings. The molecule has 0 amide bonds. The van der Waals surface area contributed by atoms with Crippen LogP contribution in [0.25, 0.3) is 22.2 Å². The van der Waals surface area contributed by atoms with Gasteiger partial charge in [0.2, 0.25) is 0 Å². The van der Waals surface area contributed by atoms with Gasteiger partial charge in [0.05, 0.1) is 27.0 Å². The normalized spacial score (nSPS) is 12.3. The Balaban J connectivity index is 0.00000370. The van der Waals surface area contributed by atoms with Crippen LogP contribution in [0.15, 0.2) is 59.8 Å². The van der Waals surface area contributed by atoms with E-state index in [0.29, 0.717) is 23.8 Å². The number of rotatable bonds is 9. The molecule has 0 spiro atoms. The molecule has 0 fully saturated rings. The number of halogens is 1. The van der Waals surface area contributed by atoms with Crippen molar-refractivity contribution in [1.82, 2.24) is 9.88 Å². The first-order valence-corrected chi connectivity index (χ1v) is 12.6. The van der Waals surface area contributed by atoms with Crippen LogP contribution in [-0.4, -0.2) is 70.8 Å². The van der Waals surface area contributed by atoms with E-state index in [4.69, 9.17) is 23.8 Å². The number of nitrogens with zero attached hydrogens (tertiary/aromatic N) is 2. The van der Waals surface area contributed by atoms with Crippen LogP contribution in [0.1, 0.15) is 16.7 Å². The van der Waals surface area contributed by atoms with Gasteiger partial charge in [-0.05, 0) is 68.7 Å². The largest absolute Gasteiger partial charge is 0.497 e. The third-order valence-corrected chi connectivity index (χ3v) is 6.48. The quantitative estimate of drug-likeness (QED) is 0.148. The number of aromatic nitrogens is 1. The van der Waals surface area contributed by atoms with Crippen LogP contribution in [-0.2, 0) is 4.84 Å². The average molecular weight is 562 g/mol. The van der Waals surface area contributed by atoms with E-state index in [1.54, 1.807) is 21.3 Å². The molecule has 1 N–H and O–H groups in total. The molecule has 3 aromatic carbocycles. The molecule has 9 heteroatoms. The molecule has 5 rings (SSSR count). The van der Waals surface area contributed by atoms with Crippen molar-refractivity contribution in [1.29, 1.82) is 0 Å². The summed E-state index contributed by atoms with van der Waals surface area (Å²) >= 11 is 0. The summed E-state index contributed by atoms with van der Waals surface area (Å²) in [5.74, 6) is 8.96. The lowest BCUT2D eigenvalue weighted by atomic mass is 10.1. The summed E-state index contributed by atoms with van der Waals surface area (Å²) < 4.78 is 22.4. The molecular weight excluding hydrogens is 530 g/mol. The molecule has 0 radical (unpaired) electrons. The maximum Gasteiger partial charge on any atom is 0.177 e. The zero-order valence-electron chi connectivity index (χ0n) is 23.2. The van der Waals surface area contributed by atoms with Crippen molar-refractivity contribution in [3.63, 3.8) is 0 Å². The van der Waals surface area contributed by atoms with E-state index in [2.05, 4.69) is 26.9 Å². The molecule has 0 bridgehead atoms. The van der Waals surface area contributed by atoms with E-state index in [1.165, 1.54) is 0 Å². The Kier molecular flexibility index (Phi) is 9.10. The van der Waals surface area contributed by atoms with Gasteiger partial charge in [-0.15, -0.1) is 12.4 Å². The lowest BCUT2D eigenvalue weighted by Gasteiger charge is -2.12. The van der Waals surface area contributed by atoms with E-state index in [1.807, 2.05) is 68.7 Å². The molecule has 40 heavy (non-hydrogen) atoms. The van der Waals surface area contributed by atoms with Gasteiger partial charge in [-0.2, -0.15) is 0 Å². The standard InChI is InChI=1S/C31H31N3O5.ClH/c1-34(2)14-16-38-22-12-13-26-25(17-22)29-30(32-26)23-18-27(36-4)28(37-5)19-24(23)31(29)33-39-15-6-7-20-8-10-21(35-3)11-9-20;/h8-13,17-19,32H,14-16H2,1-5H3;1H/b33-31-;. The molecule has 4 aromatic rings. The first-order valence-electron chi connectivity index (χ1n) is 12.6. The summed E-state index contributed by atoms with van der Waals surface area (Å²) in [4.78, 5) is 11.4. The highest BCUT2D eigenvalue weighted by Gasteiger charge is 2.32. The van der Waals surface area contributed by atoms with E-state index in [-0.39, 0.29) is 19.0 Å². The van der Waals surface area contributed by atoms with Gasteiger partial charge < -0.3 is 33.7 Å². The number of methoxy groups -OCH3 is 3. The van der Waals surface area contributed by atoms with Gasteiger partial charge in [0.15, 0.2) is 18.1 Å². The summed E-state index contributed by atoms with van der Waals surface area (Å²) in [5.41, 5.74) is 6.28. The van der Waals surface area contributed by atoms with E-state index in [0.717, 1.165) is 56.9 Å². The molecule has 1 aromatic heterocycles. The number of aromatic amines is 1. The third kappa shape index (κ3) is 5.81. The number of H-pyrrole nitrogens is 1. The van der Waals surface area contributed by atoms with Crippen LogP contribution in [0.4, 0.5) is 0 Å². The van der Waals surface area contributed by atoms with Crippen molar-refractivity contribution >= 4 is 29.0 Å². The van der Waals surface area contributed by atoms with E-state index >= 15 is 0 Å². The second-order valence-corrected chi connectivity index (χ2v) is 9.23. The van der Waals surface area contributed by atoms with Crippen molar-refractivity contribution in [2.24, 2.45) is 5.16 Å². The first-order chi connectivity index (χ1) is 19.0. The molecule has 0 aliphatic heterocycles. The Hall–Kier alpha value is -4.32. The number of oxime groups is 1. The highest BCUT2D eigenvalue weighted by Crippen LogP contribution is 2.46. The van der Waals surface area contributed by atoms with Crippen LogP contribution < -0.4 is 18.9 Å². The number of benzene rings is 3. The number of fused-ring (bicyclic) bond motifs is 5. The minimum absolute atomic E-state index is 0. The molecule has 1 heterocycles. The summed E-state index contributed by atoms with van der Waals surface area (Å²) in [7, 11) is 8.93.